The van der Waals surface area contributed by atoms with E-state index in [2.05, 4.69) is 17.1 Å². The molecular weight excluding hydrogens is 274 g/mol. The molecule has 2 rings (SSSR count). The van der Waals surface area contributed by atoms with Crippen LogP contribution in [0.15, 0.2) is 17.5 Å². The van der Waals surface area contributed by atoms with E-state index in [0.717, 1.165) is 32.7 Å². The van der Waals surface area contributed by atoms with Crippen LogP contribution in [0, 0.1) is 0 Å². The van der Waals surface area contributed by atoms with E-state index in [-0.39, 0.29) is 11.8 Å². The van der Waals surface area contributed by atoms with Crippen LogP contribution in [0.2, 0.25) is 0 Å². The van der Waals surface area contributed by atoms with E-state index in [1.54, 1.807) is 6.07 Å². The summed E-state index contributed by atoms with van der Waals surface area (Å²) in [4.78, 5) is 28.6. The van der Waals surface area contributed by atoms with E-state index in [4.69, 9.17) is 0 Å². The standard InChI is InChI=1S/C14H21N3O2S/c1-2-16-7-9-17(10-8-16)13(18)5-6-15-14(19)12-4-3-11-20-12/h3-4,11H,2,5-10H2,1H3,(H,15,19). The first-order valence-corrected chi connectivity index (χ1v) is 7.90. The highest BCUT2D eigenvalue weighted by Crippen LogP contribution is 2.08. The summed E-state index contributed by atoms with van der Waals surface area (Å²) in [6.07, 6.45) is 0.378. The van der Waals surface area contributed by atoms with Gasteiger partial charge in [0.25, 0.3) is 5.91 Å². The molecule has 1 aromatic rings. The second-order valence-corrected chi connectivity index (χ2v) is 5.75. The minimum Gasteiger partial charge on any atom is -0.351 e. The van der Waals surface area contributed by atoms with Crippen LogP contribution in [-0.4, -0.2) is 60.9 Å². The molecule has 0 aliphatic carbocycles. The van der Waals surface area contributed by atoms with Crippen molar-refractivity contribution >= 4 is 23.2 Å². The van der Waals surface area contributed by atoms with Crippen molar-refractivity contribution in [1.29, 1.82) is 0 Å². The zero-order chi connectivity index (χ0) is 14.4. The maximum absolute atomic E-state index is 12.0. The van der Waals surface area contributed by atoms with E-state index in [0.29, 0.717) is 17.8 Å². The summed E-state index contributed by atoms with van der Waals surface area (Å²) in [5.74, 6) is 0.0378. The lowest BCUT2D eigenvalue weighted by Gasteiger charge is -2.34. The van der Waals surface area contributed by atoms with Crippen molar-refractivity contribution in [3.63, 3.8) is 0 Å². The first kappa shape index (κ1) is 15.0. The summed E-state index contributed by atoms with van der Waals surface area (Å²) in [5, 5.41) is 4.66. The zero-order valence-corrected chi connectivity index (χ0v) is 12.6. The molecule has 0 radical (unpaired) electrons. The molecule has 2 amide bonds. The number of piperazine rings is 1. The lowest BCUT2D eigenvalue weighted by Crippen LogP contribution is -2.49. The molecule has 2 heterocycles. The molecular formula is C14H21N3O2S. The second-order valence-electron chi connectivity index (χ2n) is 4.80. The quantitative estimate of drug-likeness (QED) is 0.883. The van der Waals surface area contributed by atoms with Gasteiger partial charge in [-0.15, -0.1) is 11.3 Å². The number of likely N-dealkylation sites (N-methyl/N-ethyl adjacent to an activating group) is 1. The Hall–Kier alpha value is -1.40. The van der Waals surface area contributed by atoms with Gasteiger partial charge in [0.05, 0.1) is 4.88 Å². The van der Waals surface area contributed by atoms with Gasteiger partial charge in [0.1, 0.15) is 0 Å². The van der Waals surface area contributed by atoms with E-state index < -0.39 is 0 Å². The molecule has 1 fully saturated rings. The number of carbonyl (C=O) groups excluding carboxylic acids is 2. The number of nitrogens with zero attached hydrogens (tertiary/aromatic N) is 2. The third-order valence-corrected chi connectivity index (χ3v) is 4.41. The summed E-state index contributed by atoms with van der Waals surface area (Å²) >= 11 is 1.41. The number of nitrogens with one attached hydrogen (secondary N) is 1. The van der Waals surface area contributed by atoms with Crippen molar-refractivity contribution in [3.05, 3.63) is 22.4 Å². The van der Waals surface area contributed by atoms with Crippen molar-refractivity contribution in [2.45, 2.75) is 13.3 Å². The first-order chi connectivity index (χ1) is 9.70. The van der Waals surface area contributed by atoms with Crippen LogP contribution in [0.3, 0.4) is 0 Å². The number of amides is 2. The maximum atomic E-state index is 12.0. The van der Waals surface area contributed by atoms with Crippen molar-refractivity contribution in [2.75, 3.05) is 39.3 Å². The third kappa shape index (κ3) is 4.05. The fourth-order valence-corrected chi connectivity index (χ4v) is 2.89. The Labute approximate surface area is 123 Å². The average Bonchev–Trinajstić information content (AvgIpc) is 3.01. The SMILES string of the molecule is CCN1CCN(C(=O)CCNC(=O)c2cccs2)CC1. The van der Waals surface area contributed by atoms with Crippen LogP contribution in [0.5, 0.6) is 0 Å². The van der Waals surface area contributed by atoms with E-state index in [9.17, 15) is 9.59 Å². The number of hydrogen-bond donors (Lipinski definition) is 1. The van der Waals surface area contributed by atoms with E-state index in [1.807, 2.05) is 16.3 Å². The molecule has 0 spiro atoms. The molecule has 0 unspecified atom stereocenters. The molecule has 1 aliphatic heterocycles. The predicted octanol–water partition coefficient (Wildman–Crippen LogP) is 1.03. The van der Waals surface area contributed by atoms with Crippen LogP contribution in [0.4, 0.5) is 0 Å². The van der Waals surface area contributed by atoms with Crippen molar-refractivity contribution < 1.29 is 9.59 Å². The lowest BCUT2D eigenvalue weighted by molar-refractivity contribution is -0.132. The minimum absolute atomic E-state index is 0.0939. The van der Waals surface area contributed by atoms with Crippen LogP contribution >= 0.6 is 11.3 Å². The number of thiophene rings is 1. The first-order valence-electron chi connectivity index (χ1n) is 7.02. The summed E-state index contributed by atoms with van der Waals surface area (Å²) < 4.78 is 0. The third-order valence-electron chi connectivity index (χ3n) is 3.54. The van der Waals surface area contributed by atoms with Gasteiger partial charge in [-0.3, -0.25) is 9.59 Å². The van der Waals surface area contributed by atoms with Gasteiger partial charge in [-0.25, -0.2) is 0 Å². The largest absolute Gasteiger partial charge is 0.351 e. The highest BCUT2D eigenvalue weighted by atomic mass is 32.1. The Morgan fingerprint density at radius 1 is 1.30 bits per heavy atom. The van der Waals surface area contributed by atoms with E-state index in [1.165, 1.54) is 11.3 Å². The minimum atomic E-state index is -0.0939. The maximum Gasteiger partial charge on any atom is 0.261 e. The second kappa shape index (κ2) is 7.40. The molecule has 5 nitrogen and oxygen atoms in total. The van der Waals surface area contributed by atoms with Crippen LogP contribution in [0.1, 0.15) is 23.0 Å². The molecule has 20 heavy (non-hydrogen) atoms. The van der Waals surface area contributed by atoms with Crippen LogP contribution < -0.4 is 5.32 Å². The molecule has 1 saturated heterocycles. The summed E-state index contributed by atoms with van der Waals surface area (Å²) in [7, 11) is 0. The summed E-state index contributed by atoms with van der Waals surface area (Å²) in [6.45, 7) is 7.07. The summed E-state index contributed by atoms with van der Waals surface area (Å²) in [5.41, 5.74) is 0. The summed E-state index contributed by atoms with van der Waals surface area (Å²) in [6, 6.07) is 3.63. The van der Waals surface area contributed by atoms with Gasteiger partial charge >= 0.3 is 0 Å². The Morgan fingerprint density at radius 3 is 2.65 bits per heavy atom. The van der Waals surface area contributed by atoms with E-state index >= 15 is 0 Å². The fraction of sp³-hybridized carbons (Fsp3) is 0.571. The molecule has 0 saturated carbocycles. The van der Waals surface area contributed by atoms with Gasteiger partial charge in [-0.1, -0.05) is 13.0 Å². The van der Waals surface area contributed by atoms with Gasteiger partial charge in [0, 0.05) is 39.1 Å². The number of rotatable bonds is 5. The molecule has 0 aromatic carbocycles. The molecule has 1 aromatic heterocycles. The molecule has 0 bridgehead atoms. The van der Waals surface area contributed by atoms with Crippen LogP contribution in [0.25, 0.3) is 0 Å². The van der Waals surface area contributed by atoms with Gasteiger partial charge in [-0.2, -0.15) is 0 Å². The van der Waals surface area contributed by atoms with Gasteiger partial charge in [0.15, 0.2) is 0 Å². The average molecular weight is 295 g/mol. The predicted molar refractivity (Wildman–Crippen MR) is 80.0 cm³/mol. The normalized spacial score (nSPS) is 16.1. The Kier molecular flexibility index (Phi) is 5.55. The Morgan fingerprint density at radius 2 is 2.05 bits per heavy atom. The molecule has 6 heteroatoms. The van der Waals surface area contributed by atoms with Crippen LogP contribution in [-0.2, 0) is 4.79 Å². The Balaban J connectivity index is 1.67. The highest BCUT2D eigenvalue weighted by Gasteiger charge is 2.19. The number of carbonyl (C=O) groups is 2. The topological polar surface area (TPSA) is 52.6 Å². The monoisotopic (exact) mass is 295 g/mol. The molecule has 0 atom stereocenters. The zero-order valence-electron chi connectivity index (χ0n) is 11.8. The Bertz CT molecular complexity index is 439. The van der Waals surface area contributed by atoms with Crippen molar-refractivity contribution in [1.82, 2.24) is 15.1 Å². The smallest absolute Gasteiger partial charge is 0.261 e. The highest BCUT2D eigenvalue weighted by molar-refractivity contribution is 7.12. The van der Waals surface area contributed by atoms with Crippen molar-refractivity contribution in [2.24, 2.45) is 0 Å². The fourth-order valence-electron chi connectivity index (χ4n) is 2.25. The van der Waals surface area contributed by atoms with Gasteiger partial charge in [0.2, 0.25) is 5.91 Å². The van der Waals surface area contributed by atoms with Gasteiger partial charge < -0.3 is 15.1 Å². The lowest BCUT2D eigenvalue weighted by atomic mass is 10.2. The van der Waals surface area contributed by atoms with Gasteiger partial charge in [-0.05, 0) is 18.0 Å². The van der Waals surface area contributed by atoms with Crippen molar-refractivity contribution in [3.8, 4) is 0 Å². The number of hydrogen-bond acceptors (Lipinski definition) is 4. The molecule has 1 aliphatic rings. The molecule has 110 valence electrons. The molecule has 1 N–H and O–H groups in total.